The molecule has 108 valence electrons. The van der Waals surface area contributed by atoms with Gasteiger partial charge >= 0.3 is 0 Å². The number of benzene rings is 1. The molecule has 0 fully saturated rings. The fourth-order valence-corrected chi connectivity index (χ4v) is 2.57. The molecule has 2 aromatic rings. The predicted octanol–water partition coefficient (Wildman–Crippen LogP) is 2.49. The average Bonchev–Trinajstić information content (AvgIpc) is 2.82. The number of hydrogen-bond acceptors (Lipinski definition) is 3. The average molecular weight is 293 g/mol. The Kier molecular flexibility index (Phi) is 4.34. The van der Waals surface area contributed by atoms with Gasteiger partial charge in [0, 0.05) is 24.1 Å². The second-order valence-corrected chi connectivity index (χ2v) is 6.34. The van der Waals surface area contributed by atoms with E-state index < -0.39 is 10.0 Å². The first-order valence-corrected chi connectivity index (χ1v) is 8.33. The third-order valence-corrected chi connectivity index (χ3v) is 3.51. The SMILES string of the molecule is CCn1cccc1CNc1cccc(NS(C)(=O)=O)c1. The highest BCUT2D eigenvalue weighted by Gasteiger charge is 2.03. The summed E-state index contributed by atoms with van der Waals surface area (Å²) in [4.78, 5) is 0. The first kappa shape index (κ1) is 14.5. The first-order valence-electron chi connectivity index (χ1n) is 6.43. The van der Waals surface area contributed by atoms with E-state index in [4.69, 9.17) is 0 Å². The summed E-state index contributed by atoms with van der Waals surface area (Å²) >= 11 is 0. The Balaban J connectivity index is 2.05. The molecule has 5 nitrogen and oxygen atoms in total. The molecular formula is C14H19N3O2S. The molecule has 2 N–H and O–H groups in total. The zero-order valence-corrected chi connectivity index (χ0v) is 12.4. The maximum Gasteiger partial charge on any atom is 0.229 e. The van der Waals surface area contributed by atoms with Crippen LogP contribution >= 0.6 is 0 Å². The van der Waals surface area contributed by atoms with Gasteiger partial charge in [0.15, 0.2) is 0 Å². The topological polar surface area (TPSA) is 63.1 Å². The van der Waals surface area contributed by atoms with Crippen molar-refractivity contribution in [1.29, 1.82) is 0 Å². The van der Waals surface area contributed by atoms with Crippen LogP contribution in [0, 0.1) is 0 Å². The van der Waals surface area contributed by atoms with Gasteiger partial charge in [0.1, 0.15) is 0 Å². The van der Waals surface area contributed by atoms with E-state index in [-0.39, 0.29) is 0 Å². The summed E-state index contributed by atoms with van der Waals surface area (Å²) in [5, 5.41) is 3.29. The largest absolute Gasteiger partial charge is 0.379 e. The monoisotopic (exact) mass is 293 g/mol. The summed E-state index contributed by atoms with van der Waals surface area (Å²) in [6.45, 7) is 3.73. The second-order valence-electron chi connectivity index (χ2n) is 4.59. The zero-order chi connectivity index (χ0) is 14.6. The third-order valence-electron chi connectivity index (χ3n) is 2.90. The summed E-state index contributed by atoms with van der Waals surface area (Å²) in [6.07, 6.45) is 3.18. The van der Waals surface area contributed by atoms with E-state index in [0.29, 0.717) is 12.2 Å². The molecule has 0 radical (unpaired) electrons. The Bertz CT molecular complexity index is 677. The number of hydrogen-bond donors (Lipinski definition) is 2. The van der Waals surface area contributed by atoms with E-state index in [0.717, 1.165) is 18.5 Å². The molecule has 0 spiro atoms. The van der Waals surface area contributed by atoms with Crippen molar-refractivity contribution >= 4 is 21.4 Å². The lowest BCUT2D eigenvalue weighted by Gasteiger charge is -2.11. The van der Waals surface area contributed by atoms with Crippen LogP contribution in [0.25, 0.3) is 0 Å². The highest BCUT2D eigenvalue weighted by atomic mass is 32.2. The number of nitrogens with one attached hydrogen (secondary N) is 2. The molecule has 0 saturated heterocycles. The summed E-state index contributed by atoms with van der Waals surface area (Å²) in [7, 11) is -3.24. The lowest BCUT2D eigenvalue weighted by molar-refractivity contribution is 0.607. The molecule has 6 heteroatoms. The molecule has 1 heterocycles. The van der Waals surface area contributed by atoms with E-state index in [1.54, 1.807) is 12.1 Å². The van der Waals surface area contributed by atoms with Crippen LogP contribution in [0.15, 0.2) is 42.6 Å². The predicted molar refractivity (Wildman–Crippen MR) is 82.3 cm³/mol. The number of nitrogens with zero attached hydrogens (tertiary/aromatic N) is 1. The lowest BCUT2D eigenvalue weighted by Crippen LogP contribution is -2.10. The van der Waals surface area contributed by atoms with Crippen molar-refractivity contribution in [2.24, 2.45) is 0 Å². The van der Waals surface area contributed by atoms with Crippen LogP contribution in [0.1, 0.15) is 12.6 Å². The third kappa shape index (κ3) is 4.03. The smallest absolute Gasteiger partial charge is 0.229 e. The molecule has 0 aliphatic heterocycles. The quantitative estimate of drug-likeness (QED) is 0.860. The van der Waals surface area contributed by atoms with Crippen molar-refractivity contribution < 1.29 is 8.42 Å². The van der Waals surface area contributed by atoms with Crippen molar-refractivity contribution in [1.82, 2.24) is 4.57 Å². The number of rotatable bonds is 6. The minimum atomic E-state index is -3.24. The van der Waals surface area contributed by atoms with Gasteiger partial charge in [0.05, 0.1) is 18.5 Å². The fourth-order valence-electron chi connectivity index (χ4n) is 2.02. The minimum Gasteiger partial charge on any atom is -0.379 e. The van der Waals surface area contributed by atoms with Crippen LogP contribution in [-0.4, -0.2) is 19.2 Å². The van der Waals surface area contributed by atoms with Crippen molar-refractivity contribution in [3.05, 3.63) is 48.3 Å². The van der Waals surface area contributed by atoms with E-state index in [9.17, 15) is 8.42 Å². The van der Waals surface area contributed by atoms with Gasteiger partial charge in [-0.05, 0) is 37.3 Å². The van der Waals surface area contributed by atoms with Crippen molar-refractivity contribution in [2.45, 2.75) is 20.0 Å². The van der Waals surface area contributed by atoms with E-state index in [1.165, 1.54) is 5.69 Å². The number of sulfonamides is 1. The molecule has 2 rings (SSSR count). The Hall–Kier alpha value is -1.95. The second kappa shape index (κ2) is 6.00. The van der Waals surface area contributed by atoms with Crippen molar-refractivity contribution in [3.63, 3.8) is 0 Å². The Morgan fingerprint density at radius 1 is 1.15 bits per heavy atom. The summed E-state index contributed by atoms with van der Waals surface area (Å²) in [5.41, 5.74) is 2.62. The molecule has 0 bridgehead atoms. The van der Waals surface area contributed by atoms with Gasteiger partial charge in [0.2, 0.25) is 10.0 Å². The van der Waals surface area contributed by atoms with Gasteiger partial charge in [-0.25, -0.2) is 8.42 Å². The molecule has 0 aliphatic rings. The maximum absolute atomic E-state index is 11.2. The van der Waals surface area contributed by atoms with Crippen LogP contribution in [0.4, 0.5) is 11.4 Å². The molecule has 0 saturated carbocycles. The minimum absolute atomic E-state index is 0.559. The molecular weight excluding hydrogens is 274 g/mol. The highest BCUT2D eigenvalue weighted by molar-refractivity contribution is 7.92. The van der Waals surface area contributed by atoms with Gasteiger partial charge in [-0.15, -0.1) is 0 Å². The number of aromatic nitrogens is 1. The van der Waals surface area contributed by atoms with E-state index in [1.807, 2.05) is 24.4 Å². The van der Waals surface area contributed by atoms with Gasteiger partial charge in [-0.2, -0.15) is 0 Å². The molecule has 1 aromatic carbocycles. The van der Waals surface area contributed by atoms with Crippen LogP contribution in [0.2, 0.25) is 0 Å². The molecule has 0 unspecified atom stereocenters. The molecule has 20 heavy (non-hydrogen) atoms. The van der Waals surface area contributed by atoms with Crippen LogP contribution in [0.3, 0.4) is 0 Å². The van der Waals surface area contributed by atoms with Crippen molar-refractivity contribution in [2.75, 3.05) is 16.3 Å². The summed E-state index contributed by atoms with van der Waals surface area (Å²) in [5.74, 6) is 0. The molecule has 0 aliphatic carbocycles. The molecule has 0 atom stereocenters. The Morgan fingerprint density at radius 2 is 1.90 bits per heavy atom. The fraction of sp³-hybridized carbons (Fsp3) is 0.286. The zero-order valence-electron chi connectivity index (χ0n) is 11.6. The highest BCUT2D eigenvalue weighted by Crippen LogP contribution is 2.17. The number of anilines is 2. The standard InChI is InChI=1S/C14H19N3O2S/c1-3-17-9-5-8-14(17)11-15-12-6-4-7-13(10-12)16-20(2,18)19/h4-10,15-16H,3,11H2,1-2H3. The summed E-state index contributed by atoms with van der Waals surface area (Å²) < 4.78 is 27.0. The van der Waals surface area contributed by atoms with Crippen LogP contribution in [-0.2, 0) is 23.1 Å². The van der Waals surface area contributed by atoms with Gasteiger partial charge in [-0.1, -0.05) is 6.07 Å². The molecule has 0 amide bonds. The molecule has 1 aromatic heterocycles. The summed E-state index contributed by atoms with van der Waals surface area (Å²) in [6, 6.07) is 11.3. The van der Waals surface area contributed by atoms with E-state index in [2.05, 4.69) is 27.6 Å². The van der Waals surface area contributed by atoms with E-state index >= 15 is 0 Å². The normalized spacial score (nSPS) is 11.3. The lowest BCUT2D eigenvalue weighted by atomic mass is 10.3. The first-order chi connectivity index (χ1) is 9.48. The van der Waals surface area contributed by atoms with Gasteiger partial charge in [-0.3, -0.25) is 4.72 Å². The Morgan fingerprint density at radius 3 is 2.60 bits per heavy atom. The number of aryl methyl sites for hydroxylation is 1. The van der Waals surface area contributed by atoms with Crippen LogP contribution < -0.4 is 10.0 Å². The Labute approximate surface area is 119 Å². The van der Waals surface area contributed by atoms with Gasteiger partial charge < -0.3 is 9.88 Å². The van der Waals surface area contributed by atoms with Crippen molar-refractivity contribution in [3.8, 4) is 0 Å². The van der Waals surface area contributed by atoms with Crippen LogP contribution in [0.5, 0.6) is 0 Å². The van der Waals surface area contributed by atoms with Gasteiger partial charge in [0.25, 0.3) is 0 Å². The maximum atomic E-state index is 11.2.